The van der Waals surface area contributed by atoms with Gasteiger partial charge in [-0.1, -0.05) is 24.3 Å². The lowest BCUT2D eigenvalue weighted by molar-refractivity contribution is 0.304. The molecule has 2 aromatic rings. The van der Waals surface area contributed by atoms with E-state index in [4.69, 9.17) is 0 Å². The highest BCUT2D eigenvalue weighted by Gasteiger charge is 2.17. The predicted molar refractivity (Wildman–Crippen MR) is 77.0 cm³/mol. The number of fused-ring (bicyclic) bond motifs is 1. The molecule has 1 N–H and O–H groups in total. The maximum absolute atomic E-state index is 4.22. The van der Waals surface area contributed by atoms with Crippen molar-refractivity contribution in [2.45, 2.75) is 45.2 Å². The molecule has 4 heteroatoms. The zero-order valence-electron chi connectivity index (χ0n) is 11.5. The van der Waals surface area contributed by atoms with Crippen LogP contribution in [-0.4, -0.2) is 27.6 Å². The second-order valence-corrected chi connectivity index (χ2v) is 5.71. The van der Waals surface area contributed by atoms with Crippen LogP contribution in [0.5, 0.6) is 0 Å². The van der Waals surface area contributed by atoms with Gasteiger partial charge in [0.05, 0.1) is 12.1 Å². The van der Waals surface area contributed by atoms with Crippen LogP contribution in [0.2, 0.25) is 0 Å². The van der Waals surface area contributed by atoms with E-state index in [2.05, 4.69) is 28.6 Å². The molecule has 4 nitrogen and oxygen atoms in total. The normalized spacial score (nSPS) is 23.8. The molecule has 0 spiro atoms. The van der Waals surface area contributed by atoms with Crippen molar-refractivity contribution in [2.24, 2.45) is 5.92 Å². The number of nitrogens with one attached hydrogen (secondary N) is 1. The van der Waals surface area contributed by atoms with E-state index in [-0.39, 0.29) is 0 Å². The van der Waals surface area contributed by atoms with Crippen molar-refractivity contribution in [2.75, 3.05) is 6.54 Å². The standard InChI is InChI=1S/C15H22N4/c1-12-6-8-13(9-7-12)16-10-11-19-15-5-3-2-4-14(15)17-18-19/h2-5,12-13,16H,6-11H2,1H3. The van der Waals surface area contributed by atoms with Gasteiger partial charge in [0.2, 0.25) is 0 Å². The van der Waals surface area contributed by atoms with Gasteiger partial charge in [-0.05, 0) is 43.7 Å². The summed E-state index contributed by atoms with van der Waals surface area (Å²) in [5.41, 5.74) is 2.11. The fourth-order valence-corrected chi connectivity index (χ4v) is 2.92. The van der Waals surface area contributed by atoms with E-state index in [1.165, 1.54) is 25.7 Å². The number of nitrogens with zero attached hydrogens (tertiary/aromatic N) is 3. The Kier molecular flexibility index (Phi) is 3.78. The average molecular weight is 258 g/mol. The fraction of sp³-hybridized carbons (Fsp3) is 0.600. The van der Waals surface area contributed by atoms with Crippen LogP contribution in [0.15, 0.2) is 24.3 Å². The third kappa shape index (κ3) is 2.95. The number of benzene rings is 1. The summed E-state index contributed by atoms with van der Waals surface area (Å²) < 4.78 is 1.99. The van der Waals surface area contributed by atoms with Gasteiger partial charge in [0.25, 0.3) is 0 Å². The highest BCUT2D eigenvalue weighted by atomic mass is 15.4. The Morgan fingerprint density at radius 2 is 2.00 bits per heavy atom. The van der Waals surface area contributed by atoms with Crippen LogP contribution >= 0.6 is 0 Å². The van der Waals surface area contributed by atoms with Gasteiger partial charge in [-0.25, -0.2) is 4.68 Å². The third-order valence-electron chi connectivity index (χ3n) is 4.19. The summed E-state index contributed by atoms with van der Waals surface area (Å²) in [6, 6.07) is 8.83. The minimum atomic E-state index is 0.700. The number of aromatic nitrogens is 3. The van der Waals surface area contributed by atoms with E-state index in [1.807, 2.05) is 22.9 Å². The average Bonchev–Trinajstić information content (AvgIpc) is 2.85. The van der Waals surface area contributed by atoms with Crippen LogP contribution in [0.3, 0.4) is 0 Å². The van der Waals surface area contributed by atoms with E-state index in [0.717, 1.165) is 30.0 Å². The van der Waals surface area contributed by atoms with Gasteiger partial charge < -0.3 is 5.32 Å². The zero-order valence-corrected chi connectivity index (χ0v) is 11.5. The maximum Gasteiger partial charge on any atom is 0.113 e. The van der Waals surface area contributed by atoms with Crippen molar-refractivity contribution in [1.29, 1.82) is 0 Å². The molecule has 1 fully saturated rings. The summed E-state index contributed by atoms with van der Waals surface area (Å²) in [6.07, 6.45) is 5.37. The summed E-state index contributed by atoms with van der Waals surface area (Å²) in [5, 5.41) is 12.1. The molecule has 1 aliphatic carbocycles. The van der Waals surface area contributed by atoms with Crippen LogP contribution in [0.25, 0.3) is 11.0 Å². The summed E-state index contributed by atoms with van der Waals surface area (Å²) in [5.74, 6) is 0.914. The van der Waals surface area contributed by atoms with Crippen LogP contribution in [-0.2, 0) is 6.54 Å². The van der Waals surface area contributed by atoms with Gasteiger partial charge in [0.15, 0.2) is 0 Å². The molecular weight excluding hydrogens is 236 g/mol. The van der Waals surface area contributed by atoms with E-state index < -0.39 is 0 Å². The van der Waals surface area contributed by atoms with E-state index >= 15 is 0 Å². The molecular formula is C15H22N4. The monoisotopic (exact) mass is 258 g/mol. The molecule has 0 aliphatic heterocycles. The molecule has 3 rings (SSSR count). The second-order valence-electron chi connectivity index (χ2n) is 5.71. The van der Waals surface area contributed by atoms with Crippen molar-refractivity contribution in [3.63, 3.8) is 0 Å². The predicted octanol–water partition coefficient (Wildman–Crippen LogP) is 2.60. The van der Waals surface area contributed by atoms with Crippen LogP contribution in [0.4, 0.5) is 0 Å². The minimum absolute atomic E-state index is 0.700. The lowest BCUT2D eigenvalue weighted by atomic mass is 9.87. The first-order valence-electron chi connectivity index (χ1n) is 7.34. The van der Waals surface area contributed by atoms with Gasteiger partial charge in [0, 0.05) is 12.6 Å². The highest BCUT2D eigenvalue weighted by Crippen LogP contribution is 2.23. The van der Waals surface area contributed by atoms with Gasteiger partial charge in [-0.3, -0.25) is 0 Å². The van der Waals surface area contributed by atoms with E-state index in [1.54, 1.807) is 0 Å². The van der Waals surface area contributed by atoms with E-state index in [0.29, 0.717) is 6.04 Å². The van der Waals surface area contributed by atoms with Gasteiger partial charge in [0.1, 0.15) is 5.52 Å². The van der Waals surface area contributed by atoms with Crippen molar-refractivity contribution >= 4 is 11.0 Å². The molecule has 0 amide bonds. The lowest BCUT2D eigenvalue weighted by Crippen LogP contribution is -2.34. The molecule has 0 unspecified atom stereocenters. The molecule has 0 radical (unpaired) electrons. The Bertz CT molecular complexity index is 526. The first kappa shape index (κ1) is 12.6. The summed E-state index contributed by atoms with van der Waals surface area (Å²) in [4.78, 5) is 0. The molecule has 19 heavy (non-hydrogen) atoms. The summed E-state index contributed by atoms with van der Waals surface area (Å²) in [6.45, 7) is 4.23. The van der Waals surface area contributed by atoms with Gasteiger partial charge >= 0.3 is 0 Å². The van der Waals surface area contributed by atoms with Crippen molar-refractivity contribution in [3.8, 4) is 0 Å². The van der Waals surface area contributed by atoms with E-state index in [9.17, 15) is 0 Å². The number of hydrogen-bond donors (Lipinski definition) is 1. The molecule has 0 atom stereocenters. The molecule has 1 aromatic carbocycles. The third-order valence-corrected chi connectivity index (χ3v) is 4.19. The second kappa shape index (κ2) is 5.70. The van der Waals surface area contributed by atoms with Crippen LogP contribution < -0.4 is 5.32 Å². The zero-order chi connectivity index (χ0) is 13.1. The van der Waals surface area contributed by atoms with Crippen molar-refractivity contribution in [1.82, 2.24) is 20.3 Å². The fourth-order valence-electron chi connectivity index (χ4n) is 2.92. The molecule has 1 saturated carbocycles. The molecule has 102 valence electrons. The summed E-state index contributed by atoms with van der Waals surface area (Å²) in [7, 11) is 0. The molecule has 0 bridgehead atoms. The molecule has 1 aliphatic rings. The van der Waals surface area contributed by atoms with Crippen molar-refractivity contribution in [3.05, 3.63) is 24.3 Å². The van der Waals surface area contributed by atoms with Gasteiger partial charge in [-0.15, -0.1) is 5.10 Å². The van der Waals surface area contributed by atoms with Crippen LogP contribution in [0, 0.1) is 5.92 Å². The minimum Gasteiger partial charge on any atom is -0.312 e. The maximum atomic E-state index is 4.22. The molecule has 0 saturated heterocycles. The Hall–Kier alpha value is -1.42. The first-order valence-corrected chi connectivity index (χ1v) is 7.34. The number of rotatable bonds is 4. The SMILES string of the molecule is CC1CCC(NCCn2nnc3ccccc32)CC1. The smallest absolute Gasteiger partial charge is 0.113 e. The summed E-state index contributed by atoms with van der Waals surface area (Å²) >= 11 is 0. The lowest BCUT2D eigenvalue weighted by Gasteiger charge is -2.27. The van der Waals surface area contributed by atoms with Crippen LogP contribution in [0.1, 0.15) is 32.6 Å². The topological polar surface area (TPSA) is 42.7 Å². The Morgan fingerprint density at radius 1 is 1.21 bits per heavy atom. The van der Waals surface area contributed by atoms with Gasteiger partial charge in [-0.2, -0.15) is 0 Å². The number of hydrogen-bond acceptors (Lipinski definition) is 3. The Labute approximate surface area is 114 Å². The largest absolute Gasteiger partial charge is 0.312 e. The van der Waals surface area contributed by atoms with Crippen molar-refractivity contribution < 1.29 is 0 Å². The molecule has 1 heterocycles. The molecule has 1 aromatic heterocycles. The quantitative estimate of drug-likeness (QED) is 0.916. The Balaban J connectivity index is 1.52. The highest BCUT2D eigenvalue weighted by molar-refractivity contribution is 5.73. The first-order chi connectivity index (χ1) is 9.33. The number of para-hydroxylation sites is 1. The Morgan fingerprint density at radius 3 is 2.84 bits per heavy atom.